The van der Waals surface area contributed by atoms with Gasteiger partial charge in [0.15, 0.2) is 0 Å². The fraction of sp³-hybridized carbons (Fsp3) is 0.500. The Morgan fingerprint density at radius 1 is 0.933 bits per heavy atom. The average Bonchev–Trinajstić information content (AvgIpc) is 2.78. The van der Waals surface area contributed by atoms with E-state index in [-0.39, 0.29) is 12.1 Å². The van der Waals surface area contributed by atoms with Crippen LogP contribution in [0.4, 0.5) is 4.79 Å². The monoisotopic (exact) mass is 405 g/mol. The van der Waals surface area contributed by atoms with Crippen LogP contribution in [0.2, 0.25) is 0 Å². The molecule has 0 aromatic heterocycles. The SMILES string of the molecule is Cc1ccc(C)c([C@@H](c2ccccc2)N2CCN(C(=O)NC3CCCCC3)CC2)c1. The van der Waals surface area contributed by atoms with Crippen LogP contribution in [0.3, 0.4) is 0 Å². The topological polar surface area (TPSA) is 35.6 Å². The van der Waals surface area contributed by atoms with Crippen molar-refractivity contribution in [2.45, 2.75) is 58.0 Å². The Labute approximate surface area is 181 Å². The van der Waals surface area contributed by atoms with Crippen LogP contribution >= 0.6 is 0 Å². The van der Waals surface area contributed by atoms with E-state index < -0.39 is 0 Å². The van der Waals surface area contributed by atoms with Crippen molar-refractivity contribution in [2.24, 2.45) is 0 Å². The standard InChI is InChI=1S/C26H35N3O/c1-20-13-14-21(2)24(19-20)25(22-9-5-3-6-10-22)28-15-17-29(18-16-28)26(30)27-23-11-7-4-8-12-23/h3,5-6,9-10,13-14,19,23,25H,4,7-8,11-12,15-18H2,1-2H3,(H,27,30)/t25-/m1/s1. The molecule has 160 valence electrons. The van der Waals surface area contributed by atoms with E-state index in [0.717, 1.165) is 39.0 Å². The van der Waals surface area contributed by atoms with Crippen molar-refractivity contribution in [3.8, 4) is 0 Å². The number of rotatable bonds is 4. The maximum absolute atomic E-state index is 12.8. The van der Waals surface area contributed by atoms with Crippen molar-refractivity contribution in [1.82, 2.24) is 15.1 Å². The first kappa shape index (κ1) is 20.9. The van der Waals surface area contributed by atoms with Crippen molar-refractivity contribution in [3.63, 3.8) is 0 Å². The summed E-state index contributed by atoms with van der Waals surface area (Å²) in [5, 5.41) is 3.28. The van der Waals surface area contributed by atoms with Gasteiger partial charge in [-0.25, -0.2) is 4.79 Å². The summed E-state index contributed by atoms with van der Waals surface area (Å²) in [6.45, 7) is 7.73. The molecule has 2 aromatic rings. The summed E-state index contributed by atoms with van der Waals surface area (Å²) in [4.78, 5) is 17.3. The van der Waals surface area contributed by atoms with Crippen molar-refractivity contribution in [1.29, 1.82) is 0 Å². The third kappa shape index (κ3) is 4.86. The Bertz CT molecular complexity index is 837. The third-order valence-corrected chi connectivity index (χ3v) is 6.74. The molecule has 1 saturated carbocycles. The molecule has 1 aliphatic heterocycles. The maximum atomic E-state index is 12.8. The van der Waals surface area contributed by atoms with E-state index in [1.54, 1.807) is 0 Å². The number of nitrogens with zero attached hydrogens (tertiary/aromatic N) is 2. The van der Waals surface area contributed by atoms with Crippen molar-refractivity contribution in [2.75, 3.05) is 26.2 Å². The Morgan fingerprint density at radius 3 is 2.33 bits per heavy atom. The summed E-state index contributed by atoms with van der Waals surface area (Å²) >= 11 is 0. The van der Waals surface area contributed by atoms with E-state index in [1.165, 1.54) is 41.5 Å². The molecule has 1 heterocycles. The van der Waals surface area contributed by atoms with Gasteiger partial charge in [0.2, 0.25) is 0 Å². The minimum absolute atomic E-state index is 0.129. The lowest BCUT2D eigenvalue weighted by atomic mass is 9.92. The van der Waals surface area contributed by atoms with Gasteiger partial charge >= 0.3 is 6.03 Å². The maximum Gasteiger partial charge on any atom is 0.317 e. The van der Waals surface area contributed by atoms with Crippen LogP contribution in [0.5, 0.6) is 0 Å². The summed E-state index contributed by atoms with van der Waals surface area (Å²) in [5.41, 5.74) is 5.32. The summed E-state index contributed by atoms with van der Waals surface area (Å²) < 4.78 is 0. The molecule has 0 unspecified atom stereocenters. The molecule has 4 heteroatoms. The Balaban J connectivity index is 1.47. The Morgan fingerprint density at radius 2 is 1.63 bits per heavy atom. The highest BCUT2D eigenvalue weighted by molar-refractivity contribution is 5.74. The minimum atomic E-state index is 0.129. The van der Waals surface area contributed by atoms with Crippen LogP contribution in [0, 0.1) is 13.8 Å². The van der Waals surface area contributed by atoms with Crippen molar-refractivity contribution in [3.05, 3.63) is 70.8 Å². The number of carbonyl (C=O) groups excluding carboxylic acids is 1. The van der Waals surface area contributed by atoms with Crippen LogP contribution in [0.25, 0.3) is 0 Å². The average molecular weight is 406 g/mol. The zero-order valence-corrected chi connectivity index (χ0v) is 18.4. The quantitative estimate of drug-likeness (QED) is 0.772. The molecular formula is C26H35N3O. The van der Waals surface area contributed by atoms with E-state index in [4.69, 9.17) is 0 Å². The lowest BCUT2D eigenvalue weighted by Crippen LogP contribution is -2.54. The number of aryl methyl sites for hydroxylation is 2. The molecule has 2 amide bonds. The van der Waals surface area contributed by atoms with E-state index in [1.807, 2.05) is 4.90 Å². The zero-order chi connectivity index (χ0) is 20.9. The number of piperazine rings is 1. The highest BCUT2D eigenvalue weighted by Crippen LogP contribution is 2.32. The smallest absolute Gasteiger partial charge is 0.317 e. The van der Waals surface area contributed by atoms with Gasteiger partial charge in [-0.1, -0.05) is 73.4 Å². The number of carbonyl (C=O) groups is 1. The summed E-state index contributed by atoms with van der Waals surface area (Å²) in [7, 11) is 0. The summed E-state index contributed by atoms with van der Waals surface area (Å²) in [6.07, 6.45) is 6.06. The van der Waals surface area contributed by atoms with E-state index >= 15 is 0 Å². The molecule has 4 rings (SSSR count). The number of hydrogen-bond acceptors (Lipinski definition) is 2. The second-order valence-electron chi connectivity index (χ2n) is 8.98. The number of amides is 2. The van der Waals surface area contributed by atoms with Crippen LogP contribution in [0.15, 0.2) is 48.5 Å². The molecule has 2 aliphatic rings. The fourth-order valence-corrected chi connectivity index (χ4v) is 4.97. The highest BCUT2D eigenvalue weighted by Gasteiger charge is 2.29. The Kier molecular flexibility index (Phi) is 6.73. The molecule has 1 aliphatic carbocycles. The molecule has 0 bridgehead atoms. The van der Waals surface area contributed by atoms with E-state index in [2.05, 4.69) is 72.6 Å². The number of hydrogen-bond donors (Lipinski definition) is 1. The van der Waals surface area contributed by atoms with Gasteiger partial charge in [-0.15, -0.1) is 0 Å². The third-order valence-electron chi connectivity index (χ3n) is 6.74. The molecule has 4 nitrogen and oxygen atoms in total. The molecule has 1 N–H and O–H groups in total. The first-order valence-electron chi connectivity index (χ1n) is 11.5. The number of nitrogens with one attached hydrogen (secondary N) is 1. The van der Waals surface area contributed by atoms with E-state index in [9.17, 15) is 4.79 Å². The van der Waals surface area contributed by atoms with Gasteiger partial charge in [0.1, 0.15) is 0 Å². The Hall–Kier alpha value is -2.33. The highest BCUT2D eigenvalue weighted by atomic mass is 16.2. The normalized spacial score (nSPS) is 19.5. The molecule has 1 atom stereocenters. The van der Waals surface area contributed by atoms with Crippen LogP contribution < -0.4 is 5.32 Å². The second-order valence-corrected chi connectivity index (χ2v) is 8.98. The molecular weight excluding hydrogens is 370 g/mol. The fourth-order valence-electron chi connectivity index (χ4n) is 4.97. The van der Waals surface area contributed by atoms with Crippen molar-refractivity contribution < 1.29 is 4.79 Å². The molecule has 0 radical (unpaired) electrons. The number of urea groups is 1. The van der Waals surface area contributed by atoms with Crippen LogP contribution in [-0.2, 0) is 0 Å². The molecule has 2 aromatic carbocycles. The largest absolute Gasteiger partial charge is 0.335 e. The van der Waals surface area contributed by atoms with Gasteiger partial charge in [-0.2, -0.15) is 0 Å². The number of benzene rings is 2. The second kappa shape index (κ2) is 9.65. The van der Waals surface area contributed by atoms with E-state index in [0.29, 0.717) is 6.04 Å². The van der Waals surface area contributed by atoms with Crippen LogP contribution in [-0.4, -0.2) is 48.1 Å². The lowest BCUT2D eigenvalue weighted by molar-refractivity contribution is 0.117. The van der Waals surface area contributed by atoms with Crippen LogP contribution in [0.1, 0.15) is 60.4 Å². The van der Waals surface area contributed by atoms with Gasteiger partial charge in [0, 0.05) is 32.2 Å². The van der Waals surface area contributed by atoms with Crippen molar-refractivity contribution >= 4 is 6.03 Å². The van der Waals surface area contributed by atoms with Gasteiger partial charge in [0.05, 0.1) is 6.04 Å². The predicted molar refractivity (Wildman–Crippen MR) is 123 cm³/mol. The summed E-state index contributed by atoms with van der Waals surface area (Å²) in [5.74, 6) is 0. The van der Waals surface area contributed by atoms with Gasteiger partial charge < -0.3 is 10.2 Å². The predicted octanol–water partition coefficient (Wildman–Crippen LogP) is 5.05. The minimum Gasteiger partial charge on any atom is -0.335 e. The zero-order valence-electron chi connectivity index (χ0n) is 18.4. The first-order chi connectivity index (χ1) is 14.6. The summed E-state index contributed by atoms with van der Waals surface area (Å²) in [6, 6.07) is 18.3. The molecule has 30 heavy (non-hydrogen) atoms. The van der Waals surface area contributed by atoms with Gasteiger partial charge in [-0.3, -0.25) is 4.90 Å². The lowest BCUT2D eigenvalue weighted by Gasteiger charge is -2.40. The molecule has 2 fully saturated rings. The molecule has 1 saturated heterocycles. The van der Waals surface area contributed by atoms with Gasteiger partial charge in [0.25, 0.3) is 0 Å². The first-order valence-corrected chi connectivity index (χ1v) is 11.5. The molecule has 0 spiro atoms. The van der Waals surface area contributed by atoms with Gasteiger partial charge in [-0.05, 0) is 43.4 Å².